The fraction of sp³-hybridized carbons (Fsp3) is 0.455. The molecule has 2 aromatic carbocycles. The molecule has 0 aromatic heterocycles. The number of hydrogen-bond acceptors (Lipinski definition) is 1. The molecule has 1 N–H and O–H groups in total. The third-order valence-electron chi connectivity index (χ3n) is 6.25. The van der Waals surface area contributed by atoms with Gasteiger partial charge in [0.05, 0.1) is 0 Å². The Bertz CT molecular complexity index is 669. The van der Waals surface area contributed by atoms with Gasteiger partial charge in [-0.2, -0.15) is 0 Å². The van der Waals surface area contributed by atoms with Gasteiger partial charge in [0.1, 0.15) is 5.75 Å². The minimum absolute atomic E-state index is 0.452. The average molecular weight is 310 g/mol. The topological polar surface area (TPSA) is 20.2 Å². The van der Waals surface area contributed by atoms with Crippen LogP contribution in [0.25, 0.3) is 0 Å². The van der Waals surface area contributed by atoms with Crippen LogP contribution in [0.15, 0.2) is 0 Å². The van der Waals surface area contributed by atoms with Crippen LogP contribution in [0.3, 0.4) is 0 Å². The molecule has 1 nitrogen and oxygen atoms in total. The van der Waals surface area contributed by atoms with E-state index in [9.17, 15) is 5.11 Å². The lowest BCUT2D eigenvalue weighted by atomic mass is 9.83. The molecule has 0 atom stereocenters. The normalized spacial score (nSPS) is 11.2. The maximum absolute atomic E-state index is 10.3. The van der Waals surface area contributed by atoms with E-state index >= 15 is 0 Å². The molecule has 1 heteroatoms. The Labute approximate surface area is 141 Å². The van der Waals surface area contributed by atoms with Crippen molar-refractivity contribution in [3.05, 3.63) is 61.2 Å². The third kappa shape index (κ3) is 2.67. The van der Waals surface area contributed by atoms with Crippen molar-refractivity contribution in [2.75, 3.05) is 0 Å². The number of rotatable bonds is 2. The summed E-state index contributed by atoms with van der Waals surface area (Å²) < 4.78 is 0. The quantitative estimate of drug-likeness (QED) is 0.747. The molecule has 2 rings (SSSR count). The molecule has 0 heterocycles. The minimum atomic E-state index is 0.452. The molecule has 23 heavy (non-hydrogen) atoms. The van der Waals surface area contributed by atoms with E-state index in [1.54, 1.807) is 0 Å². The van der Waals surface area contributed by atoms with Crippen LogP contribution < -0.4 is 0 Å². The zero-order valence-electron chi connectivity index (χ0n) is 16.2. The first-order valence-corrected chi connectivity index (χ1v) is 8.43. The molecular formula is C22H30O. The molecule has 2 aromatic rings. The molecular weight excluding hydrogens is 280 g/mol. The zero-order chi connectivity index (χ0) is 17.6. The lowest BCUT2D eigenvalue weighted by Gasteiger charge is -2.22. The summed E-state index contributed by atoms with van der Waals surface area (Å²) in [6.07, 6.45) is 0.944. The molecule has 0 aliphatic heterocycles. The second-order valence-corrected chi connectivity index (χ2v) is 7.11. The van der Waals surface area contributed by atoms with Gasteiger partial charge in [0.25, 0.3) is 0 Å². The van der Waals surface area contributed by atoms with Crippen molar-refractivity contribution in [3.63, 3.8) is 0 Å². The summed E-state index contributed by atoms with van der Waals surface area (Å²) in [6, 6.07) is 0. The highest BCUT2D eigenvalue weighted by Crippen LogP contribution is 2.35. The van der Waals surface area contributed by atoms with E-state index < -0.39 is 0 Å². The van der Waals surface area contributed by atoms with Gasteiger partial charge in [-0.05, 0) is 130 Å². The summed E-state index contributed by atoms with van der Waals surface area (Å²) in [7, 11) is 0. The van der Waals surface area contributed by atoms with Gasteiger partial charge in [0.15, 0.2) is 0 Å². The van der Waals surface area contributed by atoms with E-state index in [-0.39, 0.29) is 0 Å². The molecule has 0 amide bonds. The fourth-order valence-electron chi connectivity index (χ4n) is 3.66. The van der Waals surface area contributed by atoms with E-state index in [4.69, 9.17) is 0 Å². The van der Waals surface area contributed by atoms with Gasteiger partial charge in [-0.1, -0.05) is 0 Å². The summed E-state index contributed by atoms with van der Waals surface area (Å²) in [5.74, 6) is 0.452. The summed E-state index contributed by atoms with van der Waals surface area (Å²) in [5, 5.41) is 10.3. The van der Waals surface area contributed by atoms with Crippen LogP contribution in [0.1, 0.15) is 61.2 Å². The number of benzene rings is 2. The summed E-state index contributed by atoms with van der Waals surface area (Å²) >= 11 is 0. The van der Waals surface area contributed by atoms with Crippen molar-refractivity contribution in [3.8, 4) is 5.75 Å². The Morgan fingerprint density at radius 2 is 0.696 bits per heavy atom. The number of aromatic hydroxyl groups is 1. The van der Waals surface area contributed by atoms with Crippen LogP contribution in [0.5, 0.6) is 5.75 Å². The lowest BCUT2D eigenvalue weighted by molar-refractivity contribution is 0.465. The molecule has 0 bridgehead atoms. The van der Waals surface area contributed by atoms with Gasteiger partial charge in [0.2, 0.25) is 0 Å². The average Bonchev–Trinajstić information content (AvgIpc) is 2.54. The van der Waals surface area contributed by atoms with Crippen molar-refractivity contribution in [1.82, 2.24) is 0 Å². The van der Waals surface area contributed by atoms with Gasteiger partial charge >= 0.3 is 0 Å². The van der Waals surface area contributed by atoms with E-state index in [2.05, 4.69) is 48.5 Å². The molecule has 124 valence electrons. The van der Waals surface area contributed by atoms with E-state index in [1.165, 1.54) is 50.1 Å². The van der Waals surface area contributed by atoms with E-state index in [0.29, 0.717) is 5.75 Å². The molecule has 0 spiro atoms. The molecule has 0 saturated heterocycles. The Kier molecular flexibility index (Phi) is 4.61. The van der Waals surface area contributed by atoms with Crippen molar-refractivity contribution >= 4 is 0 Å². The summed E-state index contributed by atoms with van der Waals surface area (Å²) in [4.78, 5) is 0. The third-order valence-corrected chi connectivity index (χ3v) is 6.25. The second-order valence-electron chi connectivity index (χ2n) is 7.11. The van der Waals surface area contributed by atoms with Gasteiger partial charge in [0, 0.05) is 0 Å². The SMILES string of the molecule is Cc1c(C)c(C)c(Cc2c(C)c(C)c(O)c(C)c2C)c(C)c1C. The van der Waals surface area contributed by atoms with E-state index in [1.807, 2.05) is 13.8 Å². The van der Waals surface area contributed by atoms with Crippen molar-refractivity contribution in [2.24, 2.45) is 0 Å². The van der Waals surface area contributed by atoms with Gasteiger partial charge < -0.3 is 5.11 Å². The number of phenols is 1. The maximum Gasteiger partial charge on any atom is 0.121 e. The van der Waals surface area contributed by atoms with Crippen LogP contribution in [0.4, 0.5) is 0 Å². The molecule has 0 saturated carbocycles. The molecule has 0 fully saturated rings. The second kappa shape index (κ2) is 6.03. The van der Waals surface area contributed by atoms with Crippen LogP contribution in [0.2, 0.25) is 0 Å². The monoisotopic (exact) mass is 310 g/mol. The number of hydrogen-bond donors (Lipinski definition) is 1. The predicted molar refractivity (Wildman–Crippen MR) is 100.0 cm³/mol. The first-order valence-electron chi connectivity index (χ1n) is 8.43. The summed E-state index contributed by atoms with van der Waals surface area (Å²) in [6.45, 7) is 19.5. The largest absolute Gasteiger partial charge is 0.507 e. The smallest absolute Gasteiger partial charge is 0.121 e. The van der Waals surface area contributed by atoms with Crippen LogP contribution >= 0.6 is 0 Å². The minimum Gasteiger partial charge on any atom is -0.507 e. The maximum atomic E-state index is 10.3. The molecule has 0 aliphatic carbocycles. The van der Waals surface area contributed by atoms with Crippen LogP contribution in [0, 0.1) is 62.3 Å². The first-order chi connectivity index (χ1) is 10.6. The van der Waals surface area contributed by atoms with Crippen molar-refractivity contribution < 1.29 is 5.11 Å². The van der Waals surface area contributed by atoms with Crippen LogP contribution in [-0.4, -0.2) is 5.11 Å². The highest BCUT2D eigenvalue weighted by molar-refractivity contribution is 5.57. The van der Waals surface area contributed by atoms with Gasteiger partial charge in [-0.25, -0.2) is 0 Å². The highest BCUT2D eigenvalue weighted by Gasteiger charge is 2.18. The standard InChI is InChI=1S/C22H30O/c1-11-12(2)14(4)20(15(5)13(11)3)10-21-16(6)18(8)22(23)19(9)17(21)7/h23H,10H2,1-9H3. The zero-order valence-corrected chi connectivity index (χ0v) is 16.2. The Hall–Kier alpha value is -1.76. The first kappa shape index (κ1) is 17.6. The fourth-order valence-corrected chi connectivity index (χ4v) is 3.66. The van der Waals surface area contributed by atoms with Crippen molar-refractivity contribution in [2.45, 2.75) is 68.7 Å². The van der Waals surface area contributed by atoms with Crippen molar-refractivity contribution in [1.29, 1.82) is 0 Å². The molecule has 0 unspecified atom stereocenters. The van der Waals surface area contributed by atoms with Gasteiger partial charge in [-0.15, -0.1) is 0 Å². The summed E-state index contributed by atoms with van der Waals surface area (Å²) in [5.41, 5.74) is 14.3. The highest BCUT2D eigenvalue weighted by atomic mass is 16.3. The van der Waals surface area contributed by atoms with E-state index in [0.717, 1.165) is 17.5 Å². The Balaban J connectivity index is 2.71. The molecule has 0 aliphatic rings. The lowest BCUT2D eigenvalue weighted by Crippen LogP contribution is -2.07. The number of phenolic OH excluding ortho intramolecular Hbond substituents is 1. The predicted octanol–water partition coefficient (Wildman–Crippen LogP) is 5.76. The Morgan fingerprint density at radius 1 is 0.435 bits per heavy atom. The van der Waals surface area contributed by atoms with Gasteiger partial charge in [-0.3, -0.25) is 0 Å². The molecule has 0 radical (unpaired) electrons. The van der Waals surface area contributed by atoms with Crippen LogP contribution in [-0.2, 0) is 6.42 Å². The Morgan fingerprint density at radius 3 is 1.04 bits per heavy atom.